The first-order valence-corrected chi connectivity index (χ1v) is 20.9. The number of hydrogen-bond donors (Lipinski definition) is 1. The summed E-state index contributed by atoms with van der Waals surface area (Å²) in [6, 6.07) is 9.81. The molecule has 0 saturated heterocycles. The van der Waals surface area contributed by atoms with E-state index in [-0.39, 0.29) is 45.1 Å². The van der Waals surface area contributed by atoms with Crippen molar-refractivity contribution >= 4 is 17.8 Å². The zero-order valence-electron chi connectivity index (χ0n) is 33.6. The van der Waals surface area contributed by atoms with Crippen molar-refractivity contribution in [3.05, 3.63) is 48.0 Å². The summed E-state index contributed by atoms with van der Waals surface area (Å²) in [5, 5.41) is 3.46. The van der Waals surface area contributed by atoms with E-state index in [2.05, 4.69) is 53.4 Å². The molecule has 0 radical (unpaired) electrons. The zero-order chi connectivity index (χ0) is 37.5. The Labute approximate surface area is 315 Å². The van der Waals surface area contributed by atoms with Crippen LogP contribution in [0, 0.1) is 56.7 Å². The summed E-state index contributed by atoms with van der Waals surface area (Å²) in [6.07, 6.45) is 15.2. The summed E-state index contributed by atoms with van der Waals surface area (Å²) < 4.78 is 11.4. The van der Waals surface area contributed by atoms with Gasteiger partial charge >= 0.3 is 11.9 Å². The Bertz CT molecular complexity index is 1490. The fourth-order valence-electron chi connectivity index (χ4n) is 13.9. The lowest BCUT2D eigenvalue weighted by Crippen LogP contribution is -2.67. The van der Waals surface area contributed by atoms with Crippen LogP contribution in [-0.4, -0.2) is 30.5 Å². The van der Waals surface area contributed by atoms with Gasteiger partial charge in [-0.3, -0.25) is 14.4 Å². The molecule has 6 nitrogen and oxygen atoms in total. The molecule has 0 aliphatic heterocycles. The Morgan fingerprint density at radius 1 is 0.788 bits per heavy atom. The molecule has 5 aliphatic carbocycles. The fourth-order valence-corrected chi connectivity index (χ4v) is 13.9. The van der Waals surface area contributed by atoms with Crippen LogP contribution in [0.1, 0.15) is 150 Å². The Morgan fingerprint density at radius 2 is 1.52 bits per heavy atom. The van der Waals surface area contributed by atoms with Crippen LogP contribution in [0.15, 0.2) is 42.5 Å². The maximum absolute atomic E-state index is 14.5. The Balaban J connectivity index is 1.08. The van der Waals surface area contributed by atoms with Crippen molar-refractivity contribution in [2.24, 2.45) is 56.7 Å². The van der Waals surface area contributed by atoms with Crippen molar-refractivity contribution in [1.82, 2.24) is 5.32 Å². The van der Waals surface area contributed by atoms with Gasteiger partial charge in [0, 0.05) is 25.3 Å². The van der Waals surface area contributed by atoms with Gasteiger partial charge in [0.25, 0.3) is 0 Å². The van der Waals surface area contributed by atoms with Crippen molar-refractivity contribution in [2.45, 2.75) is 157 Å². The lowest BCUT2D eigenvalue weighted by Gasteiger charge is -2.72. The topological polar surface area (TPSA) is 81.7 Å². The van der Waals surface area contributed by atoms with Gasteiger partial charge in [-0.25, -0.2) is 0 Å². The molecule has 1 aromatic rings. The third-order valence-electron chi connectivity index (χ3n) is 16.6. The molecular weight excluding hydrogens is 647 g/mol. The number of carbonyl (C=O) groups is 3. The van der Waals surface area contributed by atoms with Gasteiger partial charge in [0.15, 0.2) is 0 Å². The highest BCUT2D eigenvalue weighted by Gasteiger charge is 2.72. The first kappa shape index (κ1) is 39.1. The van der Waals surface area contributed by atoms with Crippen LogP contribution in [-0.2, 0) is 30.5 Å². The molecule has 6 heteroatoms. The number of ether oxygens (including phenoxy) is 2. The number of carbonyl (C=O) groups excluding carboxylic acids is 3. The van der Waals surface area contributed by atoms with Crippen LogP contribution in [0.2, 0.25) is 0 Å². The minimum absolute atomic E-state index is 0.00283. The Hall–Kier alpha value is -2.63. The highest BCUT2D eigenvalue weighted by atomic mass is 16.5. The highest BCUT2D eigenvalue weighted by molar-refractivity contribution is 5.84. The van der Waals surface area contributed by atoms with E-state index in [1.807, 2.05) is 30.3 Å². The van der Waals surface area contributed by atoms with Crippen molar-refractivity contribution in [3.8, 4) is 0 Å². The van der Waals surface area contributed by atoms with Crippen LogP contribution < -0.4 is 5.32 Å². The number of allylic oxidation sites excluding steroid dienone is 1. The fraction of sp³-hybridized carbons (Fsp3) is 0.761. The summed E-state index contributed by atoms with van der Waals surface area (Å²) in [5.41, 5.74) is 2.54. The van der Waals surface area contributed by atoms with Gasteiger partial charge in [-0.05, 0) is 135 Å². The van der Waals surface area contributed by atoms with Crippen LogP contribution in [0.25, 0.3) is 0 Å². The second kappa shape index (κ2) is 14.9. The molecule has 1 aromatic carbocycles. The lowest BCUT2D eigenvalue weighted by molar-refractivity contribution is -0.248. The summed E-state index contributed by atoms with van der Waals surface area (Å²) in [6.45, 7) is 22.0. The largest absolute Gasteiger partial charge is 0.462 e. The quantitative estimate of drug-likeness (QED) is 0.132. The van der Waals surface area contributed by atoms with Gasteiger partial charge in [-0.1, -0.05) is 89.9 Å². The van der Waals surface area contributed by atoms with Gasteiger partial charge < -0.3 is 14.8 Å². The number of nitrogens with one attached hydrogen (secondary N) is 1. The van der Waals surface area contributed by atoms with Crippen molar-refractivity contribution in [1.29, 1.82) is 0 Å². The van der Waals surface area contributed by atoms with Gasteiger partial charge in [0.2, 0.25) is 5.91 Å². The number of esters is 2. The number of fused-ring (bicyclic) bond motifs is 7. The number of benzene rings is 1. The van der Waals surface area contributed by atoms with Crippen LogP contribution in [0.5, 0.6) is 0 Å². The van der Waals surface area contributed by atoms with Crippen molar-refractivity contribution < 1.29 is 23.9 Å². The predicted octanol–water partition coefficient (Wildman–Crippen LogP) is 10.4. The number of rotatable bonds is 12. The van der Waals surface area contributed by atoms with E-state index in [9.17, 15) is 14.4 Å². The van der Waals surface area contributed by atoms with Crippen LogP contribution >= 0.6 is 0 Å². The van der Waals surface area contributed by atoms with E-state index in [1.54, 1.807) is 6.92 Å². The SMILES string of the molecule is C=C(C)[C@@H]1CC[C@]2(C(=O)NCCCCCCC(=O)OCc3ccccc3)CC[C@]3(C)[C@H](CC[C@@H]4[C@@]5(C)CC[C@H](OC(C)=O)C(C)(C)[C@@H]5CC[C@]43C)[C@@H]12. The number of amides is 1. The number of unbranched alkanes of at least 4 members (excludes halogenated alkanes) is 3. The molecule has 1 N–H and O–H groups in total. The van der Waals surface area contributed by atoms with E-state index >= 15 is 0 Å². The molecule has 0 heterocycles. The monoisotopic (exact) mass is 716 g/mol. The Morgan fingerprint density at radius 3 is 2.23 bits per heavy atom. The van der Waals surface area contributed by atoms with Gasteiger partial charge in [0.1, 0.15) is 12.7 Å². The predicted molar refractivity (Wildman–Crippen MR) is 207 cm³/mol. The molecule has 288 valence electrons. The van der Waals surface area contributed by atoms with E-state index in [0.717, 1.165) is 69.8 Å². The maximum atomic E-state index is 14.5. The van der Waals surface area contributed by atoms with E-state index in [4.69, 9.17) is 9.47 Å². The smallest absolute Gasteiger partial charge is 0.306 e. The molecule has 52 heavy (non-hydrogen) atoms. The maximum Gasteiger partial charge on any atom is 0.306 e. The molecule has 0 aromatic heterocycles. The molecule has 6 rings (SSSR count). The molecule has 0 bridgehead atoms. The van der Waals surface area contributed by atoms with Crippen molar-refractivity contribution in [3.63, 3.8) is 0 Å². The third-order valence-corrected chi connectivity index (χ3v) is 16.6. The normalized spacial score (nSPS) is 38.8. The van der Waals surface area contributed by atoms with Crippen LogP contribution in [0.3, 0.4) is 0 Å². The standard InChI is InChI=1S/C46H69NO5/c1-31(2)34-21-26-46(41(50)47-29-15-10-9-14-18-39(49)51-30-33-16-12-11-13-17-33)28-27-44(7)35(40(34)46)19-20-37-43(6)24-23-38(52-32(3)48)42(4,5)36(43)22-25-45(37,44)8/h11-13,16-17,34-38,40H,1,9-10,14-15,18-30H2,2-8H3,(H,47,50)/t34-,35+,36-,37+,38-,40+,43-,44+,45+,46-/m0/s1. The first-order valence-electron chi connectivity index (χ1n) is 20.9. The summed E-state index contributed by atoms with van der Waals surface area (Å²) in [4.78, 5) is 38.7. The van der Waals surface area contributed by atoms with E-state index in [0.29, 0.717) is 55.1 Å². The minimum atomic E-state index is -0.301. The molecule has 5 aliphatic rings. The highest BCUT2D eigenvalue weighted by Crippen LogP contribution is 2.77. The average Bonchev–Trinajstić information content (AvgIpc) is 3.50. The second-order valence-electron chi connectivity index (χ2n) is 19.4. The van der Waals surface area contributed by atoms with E-state index < -0.39 is 0 Å². The molecule has 0 spiro atoms. The van der Waals surface area contributed by atoms with Crippen molar-refractivity contribution in [2.75, 3.05) is 6.54 Å². The minimum Gasteiger partial charge on any atom is -0.462 e. The second-order valence-corrected chi connectivity index (χ2v) is 19.4. The lowest BCUT2D eigenvalue weighted by atomic mass is 9.32. The first-order chi connectivity index (χ1) is 24.6. The molecule has 1 amide bonds. The number of hydrogen-bond acceptors (Lipinski definition) is 5. The third kappa shape index (κ3) is 6.69. The van der Waals surface area contributed by atoms with E-state index in [1.165, 1.54) is 31.3 Å². The molecule has 10 atom stereocenters. The Kier molecular flexibility index (Phi) is 11.2. The van der Waals surface area contributed by atoms with Gasteiger partial charge in [0.05, 0.1) is 5.41 Å². The summed E-state index contributed by atoms with van der Waals surface area (Å²) in [7, 11) is 0. The summed E-state index contributed by atoms with van der Waals surface area (Å²) in [5.74, 6) is 2.45. The molecular formula is C46H69NO5. The molecule has 5 fully saturated rings. The van der Waals surface area contributed by atoms with Crippen LogP contribution in [0.4, 0.5) is 0 Å². The molecule has 0 unspecified atom stereocenters. The summed E-state index contributed by atoms with van der Waals surface area (Å²) >= 11 is 0. The van der Waals surface area contributed by atoms with Gasteiger partial charge in [-0.2, -0.15) is 0 Å². The zero-order valence-corrected chi connectivity index (χ0v) is 33.6. The van der Waals surface area contributed by atoms with Gasteiger partial charge in [-0.15, -0.1) is 0 Å². The average molecular weight is 716 g/mol. The molecule has 5 saturated carbocycles.